The highest BCUT2D eigenvalue weighted by molar-refractivity contribution is 6.00. The van der Waals surface area contributed by atoms with Crippen molar-refractivity contribution >= 4 is 11.5 Å². The molecule has 0 saturated carbocycles. The minimum atomic E-state index is 0.343. The Hall–Kier alpha value is -1.52. The maximum absolute atomic E-state index is 8.32. The van der Waals surface area contributed by atoms with Gasteiger partial charge in [0.05, 0.1) is 6.33 Å². The van der Waals surface area contributed by atoms with Gasteiger partial charge in [0.15, 0.2) is 5.82 Å². The third kappa shape index (κ3) is 0.928. The van der Waals surface area contributed by atoms with Crippen LogP contribution in [0.5, 0.6) is 0 Å². The maximum atomic E-state index is 8.32. The van der Waals surface area contributed by atoms with E-state index in [4.69, 9.17) is 10.9 Å². The monoisotopic (exact) mass is 140 g/mol. The molecule has 5 heteroatoms. The Morgan fingerprint density at radius 2 is 2.60 bits per heavy atom. The number of rotatable bonds is 1. The lowest BCUT2D eigenvalue weighted by Crippen LogP contribution is -1.99. The number of nitrogens with two attached hydrogens (primary N) is 1. The second-order valence-electron chi connectivity index (χ2n) is 1.85. The summed E-state index contributed by atoms with van der Waals surface area (Å²) < 4.78 is 0. The Balaban J connectivity index is 3.05. The van der Waals surface area contributed by atoms with Crippen LogP contribution in [0.15, 0.2) is 11.5 Å². The molecule has 1 rings (SSSR count). The van der Waals surface area contributed by atoms with Crippen molar-refractivity contribution in [2.24, 2.45) is 5.16 Å². The number of nitrogens with zero attached hydrogens (tertiary/aromatic N) is 2. The van der Waals surface area contributed by atoms with Gasteiger partial charge in [-0.3, -0.25) is 0 Å². The van der Waals surface area contributed by atoms with Crippen LogP contribution in [0, 0.1) is 0 Å². The number of H-pyrrole nitrogens is 1. The average Bonchev–Trinajstić information content (AvgIpc) is 2.34. The summed E-state index contributed by atoms with van der Waals surface area (Å²) in [6.45, 7) is 1.63. The van der Waals surface area contributed by atoms with Gasteiger partial charge in [-0.2, -0.15) is 0 Å². The van der Waals surface area contributed by atoms with Crippen molar-refractivity contribution in [3.8, 4) is 0 Å². The predicted molar refractivity (Wildman–Crippen MR) is 37.0 cm³/mol. The second-order valence-corrected chi connectivity index (χ2v) is 1.85. The Bertz CT molecular complexity index is 252. The van der Waals surface area contributed by atoms with Gasteiger partial charge in [0, 0.05) is 0 Å². The third-order valence-corrected chi connectivity index (χ3v) is 1.18. The minimum absolute atomic E-state index is 0.343. The summed E-state index contributed by atoms with van der Waals surface area (Å²) in [5, 5.41) is 11.3. The Kier molecular flexibility index (Phi) is 1.57. The fourth-order valence-electron chi connectivity index (χ4n) is 0.645. The van der Waals surface area contributed by atoms with Gasteiger partial charge in [0.25, 0.3) is 0 Å². The highest BCUT2D eigenvalue weighted by Crippen LogP contribution is 2.04. The van der Waals surface area contributed by atoms with Crippen LogP contribution in [0.1, 0.15) is 12.6 Å². The van der Waals surface area contributed by atoms with Gasteiger partial charge in [-0.25, -0.2) is 4.98 Å². The average molecular weight is 140 g/mol. The number of nitrogen functional groups attached to an aromatic ring is 1. The van der Waals surface area contributed by atoms with Crippen LogP contribution in [0.3, 0.4) is 0 Å². The molecule has 10 heavy (non-hydrogen) atoms. The Labute approximate surface area is 57.6 Å². The van der Waals surface area contributed by atoms with E-state index in [1.54, 1.807) is 6.92 Å². The topological polar surface area (TPSA) is 87.3 Å². The first-order valence-corrected chi connectivity index (χ1v) is 2.73. The lowest BCUT2D eigenvalue weighted by Gasteiger charge is -1.92. The second kappa shape index (κ2) is 2.38. The van der Waals surface area contributed by atoms with E-state index in [1.807, 2.05) is 0 Å². The number of nitrogens with one attached hydrogen (secondary N) is 1. The van der Waals surface area contributed by atoms with E-state index in [0.717, 1.165) is 0 Å². The van der Waals surface area contributed by atoms with Crippen LogP contribution in [0.4, 0.5) is 5.82 Å². The first kappa shape index (κ1) is 6.60. The van der Waals surface area contributed by atoms with Gasteiger partial charge < -0.3 is 15.9 Å². The first-order valence-electron chi connectivity index (χ1n) is 2.73. The molecule has 0 unspecified atom stereocenters. The standard InChI is InChI=1S/C5H8N4O/c1-3(9-10)4-5(6)8-2-7-4/h2,10H,6H2,1H3,(H,7,8)/b9-3+. The number of imidazole rings is 1. The maximum Gasteiger partial charge on any atom is 0.150 e. The predicted octanol–water partition coefficient (Wildman–Crippen LogP) is 0.190. The summed E-state index contributed by atoms with van der Waals surface area (Å²) in [7, 11) is 0. The highest BCUT2D eigenvalue weighted by atomic mass is 16.4. The molecule has 1 heterocycles. The molecular formula is C5H8N4O. The smallest absolute Gasteiger partial charge is 0.150 e. The molecule has 0 bridgehead atoms. The molecule has 0 aliphatic carbocycles. The molecule has 0 aromatic carbocycles. The SMILES string of the molecule is C/C(=N\O)c1[nH]cnc1N. The first-order chi connectivity index (χ1) is 4.75. The Morgan fingerprint density at radius 1 is 1.90 bits per heavy atom. The number of aromatic amines is 1. The van der Waals surface area contributed by atoms with Crippen LogP contribution in [-0.4, -0.2) is 20.9 Å². The van der Waals surface area contributed by atoms with Crippen molar-refractivity contribution < 1.29 is 5.21 Å². The molecule has 1 aromatic rings. The molecule has 1 aromatic heterocycles. The largest absolute Gasteiger partial charge is 0.411 e. The van der Waals surface area contributed by atoms with Gasteiger partial charge in [-0.05, 0) is 6.92 Å². The van der Waals surface area contributed by atoms with E-state index in [2.05, 4.69) is 15.1 Å². The van der Waals surface area contributed by atoms with E-state index < -0.39 is 0 Å². The number of aromatic nitrogens is 2. The van der Waals surface area contributed by atoms with Crippen LogP contribution >= 0.6 is 0 Å². The van der Waals surface area contributed by atoms with Gasteiger partial charge in [-0.15, -0.1) is 0 Å². The van der Waals surface area contributed by atoms with Crippen molar-refractivity contribution in [3.05, 3.63) is 12.0 Å². The number of oxime groups is 1. The lowest BCUT2D eigenvalue weighted by atomic mass is 10.3. The number of hydrogen-bond donors (Lipinski definition) is 3. The van der Waals surface area contributed by atoms with Crippen LogP contribution in [0.25, 0.3) is 0 Å². The molecule has 0 spiro atoms. The summed E-state index contributed by atoms with van der Waals surface area (Å²) >= 11 is 0. The molecule has 0 amide bonds. The Morgan fingerprint density at radius 3 is 3.00 bits per heavy atom. The quantitative estimate of drug-likeness (QED) is 0.295. The van der Waals surface area contributed by atoms with Crippen LogP contribution < -0.4 is 5.73 Å². The molecule has 0 saturated heterocycles. The van der Waals surface area contributed by atoms with Crippen molar-refractivity contribution in [2.45, 2.75) is 6.92 Å². The molecule has 5 nitrogen and oxygen atoms in total. The van der Waals surface area contributed by atoms with Crippen molar-refractivity contribution in [1.29, 1.82) is 0 Å². The molecule has 4 N–H and O–H groups in total. The molecule has 54 valence electrons. The molecule has 0 radical (unpaired) electrons. The fraction of sp³-hybridized carbons (Fsp3) is 0.200. The van der Waals surface area contributed by atoms with E-state index >= 15 is 0 Å². The van der Waals surface area contributed by atoms with E-state index in [0.29, 0.717) is 17.2 Å². The minimum Gasteiger partial charge on any atom is -0.411 e. The van der Waals surface area contributed by atoms with Gasteiger partial charge in [0.1, 0.15) is 11.4 Å². The summed E-state index contributed by atoms with van der Waals surface area (Å²) in [5.74, 6) is 0.343. The fourth-order valence-corrected chi connectivity index (χ4v) is 0.645. The van der Waals surface area contributed by atoms with Crippen LogP contribution in [-0.2, 0) is 0 Å². The lowest BCUT2D eigenvalue weighted by molar-refractivity contribution is 0.319. The normalized spacial score (nSPS) is 11.9. The summed E-state index contributed by atoms with van der Waals surface area (Å²) in [6, 6.07) is 0. The van der Waals surface area contributed by atoms with Gasteiger partial charge >= 0.3 is 0 Å². The zero-order valence-corrected chi connectivity index (χ0v) is 5.50. The van der Waals surface area contributed by atoms with Crippen molar-refractivity contribution in [2.75, 3.05) is 5.73 Å². The highest BCUT2D eigenvalue weighted by Gasteiger charge is 2.03. The molecule has 0 aliphatic heterocycles. The van der Waals surface area contributed by atoms with Crippen molar-refractivity contribution in [1.82, 2.24) is 9.97 Å². The van der Waals surface area contributed by atoms with E-state index in [-0.39, 0.29) is 0 Å². The summed E-state index contributed by atoms with van der Waals surface area (Å²) in [6.07, 6.45) is 1.44. The van der Waals surface area contributed by atoms with Crippen LogP contribution in [0.2, 0.25) is 0 Å². The van der Waals surface area contributed by atoms with Crippen molar-refractivity contribution in [3.63, 3.8) is 0 Å². The van der Waals surface area contributed by atoms with Gasteiger partial charge in [-0.1, -0.05) is 5.16 Å². The molecular weight excluding hydrogens is 132 g/mol. The molecule has 0 atom stereocenters. The number of anilines is 1. The zero-order chi connectivity index (χ0) is 7.56. The van der Waals surface area contributed by atoms with E-state index in [9.17, 15) is 0 Å². The zero-order valence-electron chi connectivity index (χ0n) is 5.50. The molecule has 0 aliphatic rings. The summed E-state index contributed by atoms with van der Waals surface area (Å²) in [4.78, 5) is 6.45. The molecule has 0 fully saturated rings. The van der Waals surface area contributed by atoms with E-state index in [1.165, 1.54) is 6.33 Å². The number of hydrogen-bond acceptors (Lipinski definition) is 4. The third-order valence-electron chi connectivity index (χ3n) is 1.18. The summed E-state index contributed by atoms with van der Waals surface area (Å²) in [5.41, 5.74) is 6.37. The van der Waals surface area contributed by atoms with Gasteiger partial charge in [0.2, 0.25) is 0 Å².